The summed E-state index contributed by atoms with van der Waals surface area (Å²) in [6.45, 7) is 8.01. The molecule has 2 aliphatic rings. The van der Waals surface area contributed by atoms with Gasteiger partial charge in [-0.2, -0.15) is 5.10 Å². The molecule has 4 heterocycles. The number of hydrogen-bond donors (Lipinski definition) is 2. The van der Waals surface area contributed by atoms with Crippen LogP contribution in [-0.4, -0.2) is 70.2 Å². The normalized spacial score (nSPS) is 19.4. The van der Waals surface area contributed by atoms with Gasteiger partial charge in [-0.05, 0) is 19.9 Å². The summed E-state index contributed by atoms with van der Waals surface area (Å²) in [5, 5.41) is 6.94. The predicted octanol–water partition coefficient (Wildman–Crippen LogP) is 1.70. The number of fused-ring (bicyclic) bond motifs is 1. The molecule has 1 unspecified atom stereocenters. The zero-order valence-electron chi connectivity index (χ0n) is 16.5. The Morgan fingerprint density at radius 3 is 2.79 bits per heavy atom. The Bertz CT molecular complexity index is 932. The van der Waals surface area contributed by atoms with Crippen molar-refractivity contribution in [3.05, 3.63) is 24.0 Å². The predicted molar refractivity (Wildman–Crippen MR) is 111 cm³/mol. The lowest BCUT2D eigenvalue weighted by Gasteiger charge is -2.38. The van der Waals surface area contributed by atoms with E-state index >= 15 is 0 Å². The quantitative estimate of drug-likeness (QED) is 0.809. The molecule has 0 radical (unpaired) electrons. The molecule has 10 heteroatoms. The van der Waals surface area contributed by atoms with Crippen molar-refractivity contribution in [1.29, 1.82) is 0 Å². The molecule has 0 bridgehead atoms. The number of nitrogens with two attached hydrogens (primary N) is 1. The fourth-order valence-electron chi connectivity index (χ4n) is 3.73. The van der Waals surface area contributed by atoms with Crippen LogP contribution in [0.2, 0.25) is 0 Å². The van der Waals surface area contributed by atoms with E-state index < -0.39 is 12.1 Å². The first-order valence-corrected chi connectivity index (χ1v) is 9.73. The van der Waals surface area contributed by atoms with E-state index in [1.54, 1.807) is 12.4 Å². The van der Waals surface area contributed by atoms with Crippen LogP contribution in [0.5, 0.6) is 0 Å². The Labute approximate surface area is 168 Å². The second kappa shape index (κ2) is 7.78. The molecule has 3 N–H and O–H groups in total. The summed E-state index contributed by atoms with van der Waals surface area (Å²) in [6, 6.07) is 2.40. The molecule has 0 saturated carbocycles. The second-order valence-corrected chi connectivity index (χ2v) is 7.52. The third-order valence-corrected chi connectivity index (χ3v) is 5.32. The number of nitrogens with one attached hydrogen (secondary N) is 1. The number of nitrogen functional groups attached to an aromatic ring is 1. The Kier molecular flexibility index (Phi) is 5.18. The number of halogens is 1. The first-order valence-electron chi connectivity index (χ1n) is 9.73. The molecule has 154 valence electrons. The highest BCUT2D eigenvalue weighted by Gasteiger charge is 2.27. The number of nitrogens with zero attached hydrogens (tertiary/aromatic N) is 6. The van der Waals surface area contributed by atoms with Gasteiger partial charge >= 0.3 is 0 Å². The number of hydrogen-bond acceptors (Lipinski definition) is 7. The molecule has 9 nitrogen and oxygen atoms in total. The topological polar surface area (TPSA) is 105 Å². The van der Waals surface area contributed by atoms with Gasteiger partial charge in [0.25, 0.3) is 5.91 Å². The molecule has 1 atom stereocenters. The van der Waals surface area contributed by atoms with Gasteiger partial charge in [0, 0.05) is 44.6 Å². The van der Waals surface area contributed by atoms with Gasteiger partial charge in [-0.1, -0.05) is 0 Å². The maximum absolute atomic E-state index is 13.5. The minimum Gasteiger partial charge on any atom is -0.381 e. The molecule has 1 fully saturated rings. The zero-order valence-corrected chi connectivity index (χ0v) is 16.5. The van der Waals surface area contributed by atoms with Crippen molar-refractivity contribution in [3.8, 4) is 0 Å². The standard InChI is InChI=1S/C19H25FN8O/c1-12(2)26-5-7-27(8-6-26)15-3-4-22-10-14(15)24-19(29)16-17(21)25-28-11-13(20)9-23-18(16)28/h3-4,9-10,12-13H,5-8,11H2,1-2H3,(H2,21,25)(H,24,29). The van der Waals surface area contributed by atoms with E-state index in [1.807, 2.05) is 6.07 Å². The van der Waals surface area contributed by atoms with Crippen molar-refractivity contribution in [3.63, 3.8) is 0 Å². The van der Waals surface area contributed by atoms with E-state index in [0.29, 0.717) is 11.7 Å². The smallest absolute Gasteiger partial charge is 0.263 e. The minimum absolute atomic E-state index is 0.00537. The van der Waals surface area contributed by atoms with Crippen LogP contribution in [0.15, 0.2) is 23.5 Å². The van der Waals surface area contributed by atoms with Gasteiger partial charge in [-0.25, -0.2) is 14.1 Å². The number of anilines is 3. The Morgan fingerprint density at radius 2 is 2.07 bits per heavy atom. The molecular weight excluding hydrogens is 375 g/mol. The Balaban J connectivity index is 1.55. The number of carbonyl (C=O) groups is 1. The zero-order chi connectivity index (χ0) is 20.5. The van der Waals surface area contributed by atoms with Gasteiger partial charge in [0.05, 0.1) is 24.1 Å². The Morgan fingerprint density at radius 1 is 1.31 bits per heavy atom. The highest BCUT2D eigenvalue weighted by atomic mass is 19.1. The maximum atomic E-state index is 13.5. The van der Waals surface area contributed by atoms with E-state index in [0.717, 1.165) is 38.1 Å². The number of aromatic nitrogens is 3. The van der Waals surface area contributed by atoms with E-state index in [1.165, 1.54) is 4.68 Å². The third-order valence-electron chi connectivity index (χ3n) is 5.32. The van der Waals surface area contributed by atoms with Gasteiger partial charge in [0.2, 0.25) is 0 Å². The molecule has 2 aliphatic heterocycles. The number of piperazine rings is 1. The van der Waals surface area contributed by atoms with Gasteiger partial charge in [0.15, 0.2) is 17.8 Å². The van der Waals surface area contributed by atoms with Crippen LogP contribution < -0.4 is 16.0 Å². The summed E-state index contributed by atoms with van der Waals surface area (Å²) >= 11 is 0. The largest absolute Gasteiger partial charge is 0.381 e. The van der Waals surface area contributed by atoms with Crippen molar-refractivity contribution in [1.82, 2.24) is 19.7 Å². The summed E-state index contributed by atoms with van der Waals surface area (Å²) in [7, 11) is 0. The van der Waals surface area contributed by atoms with Gasteiger partial charge < -0.3 is 16.0 Å². The number of amides is 1. The molecule has 1 amide bonds. The molecule has 4 rings (SSSR count). The number of rotatable bonds is 4. The molecular formula is C19H25FN8O. The molecule has 0 spiro atoms. The lowest BCUT2D eigenvalue weighted by atomic mass is 10.2. The molecule has 2 aromatic rings. The van der Waals surface area contributed by atoms with Crippen LogP contribution >= 0.6 is 0 Å². The number of carbonyl (C=O) groups excluding carboxylic acids is 1. The van der Waals surface area contributed by atoms with Crippen molar-refractivity contribution >= 4 is 35.1 Å². The highest BCUT2D eigenvalue weighted by molar-refractivity contribution is 6.11. The van der Waals surface area contributed by atoms with Crippen LogP contribution in [0.3, 0.4) is 0 Å². The van der Waals surface area contributed by atoms with Crippen LogP contribution in [0.25, 0.3) is 0 Å². The summed E-state index contributed by atoms with van der Waals surface area (Å²) in [5.41, 5.74) is 7.57. The molecule has 29 heavy (non-hydrogen) atoms. The molecule has 1 saturated heterocycles. The van der Waals surface area contributed by atoms with Crippen LogP contribution in [0.4, 0.5) is 27.4 Å². The Hall–Kier alpha value is -3.01. The van der Waals surface area contributed by atoms with Crippen LogP contribution in [-0.2, 0) is 6.54 Å². The number of pyridine rings is 1. The monoisotopic (exact) mass is 400 g/mol. The summed E-state index contributed by atoms with van der Waals surface area (Å²) in [4.78, 5) is 25.8. The summed E-state index contributed by atoms with van der Waals surface area (Å²) < 4.78 is 14.8. The number of alkyl halides is 1. The van der Waals surface area contributed by atoms with Crippen molar-refractivity contribution < 1.29 is 9.18 Å². The van der Waals surface area contributed by atoms with Crippen LogP contribution in [0.1, 0.15) is 24.2 Å². The average molecular weight is 400 g/mol. The first-order chi connectivity index (χ1) is 13.9. The summed E-state index contributed by atoms with van der Waals surface area (Å²) in [5.74, 6) is -0.141. The molecule has 2 aromatic heterocycles. The van der Waals surface area contributed by atoms with Gasteiger partial charge in [-0.3, -0.25) is 14.7 Å². The molecule has 0 aromatic carbocycles. The van der Waals surface area contributed by atoms with Gasteiger partial charge in [-0.15, -0.1) is 0 Å². The third kappa shape index (κ3) is 3.80. The maximum Gasteiger partial charge on any atom is 0.263 e. The van der Waals surface area contributed by atoms with Crippen molar-refractivity contribution in [2.75, 3.05) is 42.1 Å². The van der Waals surface area contributed by atoms with E-state index in [9.17, 15) is 9.18 Å². The fraction of sp³-hybridized carbons (Fsp3) is 0.474. The first kappa shape index (κ1) is 19.3. The lowest BCUT2D eigenvalue weighted by molar-refractivity contribution is 0.102. The molecule has 0 aliphatic carbocycles. The minimum atomic E-state index is -1.24. The highest BCUT2D eigenvalue weighted by Crippen LogP contribution is 2.31. The van der Waals surface area contributed by atoms with E-state index in [4.69, 9.17) is 5.73 Å². The van der Waals surface area contributed by atoms with E-state index in [-0.39, 0.29) is 23.7 Å². The summed E-state index contributed by atoms with van der Waals surface area (Å²) in [6.07, 6.45) is 3.25. The van der Waals surface area contributed by atoms with Gasteiger partial charge in [0.1, 0.15) is 5.56 Å². The van der Waals surface area contributed by atoms with Crippen molar-refractivity contribution in [2.45, 2.75) is 32.6 Å². The van der Waals surface area contributed by atoms with Crippen molar-refractivity contribution in [2.24, 2.45) is 4.99 Å². The second-order valence-electron chi connectivity index (χ2n) is 7.52. The number of aliphatic imine (C=N–C) groups is 1. The fourth-order valence-corrected chi connectivity index (χ4v) is 3.73. The average Bonchev–Trinajstić information content (AvgIpc) is 3.03. The lowest BCUT2D eigenvalue weighted by Crippen LogP contribution is -2.49. The van der Waals surface area contributed by atoms with E-state index in [2.05, 4.69) is 44.0 Å². The SMILES string of the molecule is CC(C)N1CCN(c2ccncc2NC(=O)c2c(N)nn3c2N=CC(F)C3)CC1. The van der Waals surface area contributed by atoms with Crippen LogP contribution in [0, 0.1) is 0 Å².